The van der Waals surface area contributed by atoms with Crippen molar-refractivity contribution >= 4 is 18.9 Å². The van der Waals surface area contributed by atoms with Crippen molar-refractivity contribution in [1.82, 2.24) is 4.98 Å². The van der Waals surface area contributed by atoms with Crippen molar-refractivity contribution in [3.8, 4) is 5.75 Å². The van der Waals surface area contributed by atoms with Crippen LogP contribution in [0.5, 0.6) is 5.75 Å². The zero-order valence-corrected chi connectivity index (χ0v) is 12.6. The Hall–Kier alpha value is -1.53. The van der Waals surface area contributed by atoms with Crippen molar-refractivity contribution in [1.29, 1.82) is 0 Å². The van der Waals surface area contributed by atoms with Crippen LogP contribution in [-0.2, 0) is 9.31 Å². The van der Waals surface area contributed by atoms with Gasteiger partial charge in [0, 0.05) is 6.07 Å². The van der Waals surface area contributed by atoms with Gasteiger partial charge in [-0.05, 0) is 33.8 Å². The second kappa shape index (κ2) is 5.11. The summed E-state index contributed by atoms with van der Waals surface area (Å²) >= 11 is 0. The molecule has 1 aliphatic heterocycles. The fraction of sp³-hybridized carbons (Fsp3) is 0.500. The minimum Gasteiger partial charge on any atom is -0.495 e. The van der Waals surface area contributed by atoms with Gasteiger partial charge in [-0.25, -0.2) is 0 Å². The number of hydrogen-bond acceptors (Lipinski definition) is 5. The SMILES string of the molecule is COc1cnc(/C=C/B2OC(C)(C)C(C)(C)O2)c(N)c1. The molecule has 0 unspecified atom stereocenters. The number of nitrogen functional groups attached to an aromatic ring is 1. The van der Waals surface area contributed by atoms with Crippen molar-refractivity contribution in [3.63, 3.8) is 0 Å². The summed E-state index contributed by atoms with van der Waals surface area (Å²) in [6.07, 6.45) is 3.43. The van der Waals surface area contributed by atoms with E-state index < -0.39 is 7.12 Å². The Bertz CT molecular complexity index is 513. The van der Waals surface area contributed by atoms with E-state index in [4.69, 9.17) is 19.8 Å². The van der Waals surface area contributed by atoms with Gasteiger partial charge in [-0.3, -0.25) is 4.98 Å². The van der Waals surface area contributed by atoms with E-state index in [9.17, 15) is 0 Å². The summed E-state index contributed by atoms with van der Waals surface area (Å²) in [5, 5.41) is 0. The summed E-state index contributed by atoms with van der Waals surface area (Å²) < 4.78 is 16.8. The lowest BCUT2D eigenvalue weighted by atomic mass is 9.89. The molecule has 6 heteroatoms. The molecule has 0 bridgehead atoms. The number of ether oxygens (including phenoxy) is 1. The quantitative estimate of drug-likeness (QED) is 0.858. The van der Waals surface area contributed by atoms with Gasteiger partial charge in [-0.1, -0.05) is 5.98 Å². The number of nitrogens with two attached hydrogens (primary N) is 1. The largest absolute Gasteiger partial charge is 0.495 e. The van der Waals surface area contributed by atoms with Crippen LogP contribution in [0.4, 0.5) is 5.69 Å². The van der Waals surface area contributed by atoms with Gasteiger partial charge in [0.25, 0.3) is 0 Å². The van der Waals surface area contributed by atoms with Gasteiger partial charge >= 0.3 is 7.12 Å². The monoisotopic (exact) mass is 276 g/mol. The van der Waals surface area contributed by atoms with E-state index in [1.165, 1.54) is 0 Å². The number of nitrogens with zero attached hydrogens (tertiary/aromatic N) is 1. The summed E-state index contributed by atoms with van der Waals surface area (Å²) in [6, 6.07) is 1.73. The first-order valence-corrected chi connectivity index (χ1v) is 6.58. The van der Waals surface area contributed by atoms with Crippen molar-refractivity contribution in [2.24, 2.45) is 0 Å². The summed E-state index contributed by atoms with van der Waals surface area (Å²) in [5.41, 5.74) is 6.44. The van der Waals surface area contributed by atoms with Crippen molar-refractivity contribution in [2.45, 2.75) is 38.9 Å². The minimum absolute atomic E-state index is 0.346. The predicted molar refractivity (Wildman–Crippen MR) is 80.3 cm³/mol. The third kappa shape index (κ3) is 2.81. The van der Waals surface area contributed by atoms with Crippen LogP contribution in [0.1, 0.15) is 33.4 Å². The molecule has 0 aromatic carbocycles. The van der Waals surface area contributed by atoms with Crippen molar-refractivity contribution in [3.05, 3.63) is 23.9 Å². The first-order valence-electron chi connectivity index (χ1n) is 6.58. The number of methoxy groups -OCH3 is 1. The lowest BCUT2D eigenvalue weighted by Crippen LogP contribution is -2.41. The average molecular weight is 276 g/mol. The molecule has 2 rings (SSSR count). The topological polar surface area (TPSA) is 66.6 Å². The van der Waals surface area contributed by atoms with Crippen LogP contribution < -0.4 is 10.5 Å². The van der Waals surface area contributed by atoms with E-state index in [0.29, 0.717) is 17.1 Å². The van der Waals surface area contributed by atoms with E-state index in [0.717, 1.165) is 0 Å². The standard InChI is InChI=1S/C14H21BN2O3/c1-13(2)14(3,4)20-15(19-13)7-6-12-11(16)8-10(18-5)9-17-12/h6-9H,16H2,1-5H3/b7-6+. The second-order valence-electron chi connectivity index (χ2n) is 5.83. The maximum atomic E-state index is 5.91. The van der Waals surface area contributed by atoms with Gasteiger partial charge in [0.05, 0.1) is 35.9 Å². The maximum absolute atomic E-state index is 5.91. The van der Waals surface area contributed by atoms with Crippen LogP contribution in [0.2, 0.25) is 0 Å². The highest BCUT2D eigenvalue weighted by molar-refractivity contribution is 6.52. The van der Waals surface area contributed by atoms with E-state index >= 15 is 0 Å². The Morgan fingerprint density at radius 1 is 1.25 bits per heavy atom. The zero-order valence-electron chi connectivity index (χ0n) is 12.6. The van der Waals surface area contributed by atoms with Gasteiger partial charge in [0.2, 0.25) is 0 Å². The molecule has 1 aromatic heterocycles. The van der Waals surface area contributed by atoms with Crippen LogP contribution >= 0.6 is 0 Å². The average Bonchev–Trinajstić information content (AvgIpc) is 2.56. The van der Waals surface area contributed by atoms with Crippen LogP contribution in [-0.4, -0.2) is 30.4 Å². The lowest BCUT2D eigenvalue weighted by Gasteiger charge is -2.32. The smallest absolute Gasteiger partial charge is 0.487 e. The Labute approximate surface area is 120 Å². The lowest BCUT2D eigenvalue weighted by molar-refractivity contribution is 0.00578. The van der Waals surface area contributed by atoms with Crippen LogP contribution in [0.25, 0.3) is 6.08 Å². The zero-order chi connectivity index (χ0) is 15.0. The molecule has 2 heterocycles. The van der Waals surface area contributed by atoms with Gasteiger partial charge in [0.1, 0.15) is 5.75 Å². The molecule has 0 saturated carbocycles. The van der Waals surface area contributed by atoms with Gasteiger partial charge < -0.3 is 19.8 Å². The Morgan fingerprint density at radius 3 is 2.35 bits per heavy atom. The summed E-state index contributed by atoms with van der Waals surface area (Å²) in [6.45, 7) is 8.06. The third-order valence-electron chi connectivity index (χ3n) is 3.84. The minimum atomic E-state index is -0.400. The molecule has 0 atom stereocenters. The number of pyridine rings is 1. The summed E-state index contributed by atoms with van der Waals surface area (Å²) in [4.78, 5) is 4.23. The summed E-state index contributed by atoms with van der Waals surface area (Å²) in [7, 11) is 1.18. The number of anilines is 1. The first kappa shape index (κ1) is 14.9. The van der Waals surface area contributed by atoms with Gasteiger partial charge in [0.15, 0.2) is 0 Å². The molecular weight excluding hydrogens is 255 g/mol. The van der Waals surface area contributed by atoms with Crippen molar-refractivity contribution in [2.75, 3.05) is 12.8 Å². The molecule has 1 fully saturated rings. The molecule has 5 nitrogen and oxygen atoms in total. The van der Waals surface area contributed by atoms with E-state index in [1.807, 2.05) is 33.7 Å². The fourth-order valence-corrected chi connectivity index (χ4v) is 1.86. The summed E-state index contributed by atoms with van der Waals surface area (Å²) in [5.74, 6) is 2.46. The molecule has 0 amide bonds. The Morgan fingerprint density at radius 2 is 1.85 bits per heavy atom. The van der Waals surface area contributed by atoms with Crippen molar-refractivity contribution < 1.29 is 14.0 Å². The molecule has 108 valence electrons. The molecule has 0 radical (unpaired) electrons. The van der Waals surface area contributed by atoms with Crippen LogP contribution in [0, 0.1) is 0 Å². The predicted octanol–water partition coefficient (Wildman–Crippen LogP) is 2.32. The maximum Gasteiger partial charge on any atom is 0.487 e. The second-order valence-corrected chi connectivity index (χ2v) is 5.83. The number of aromatic nitrogens is 1. The first-order chi connectivity index (χ1) is 9.25. The molecule has 1 aliphatic rings. The molecule has 1 aromatic rings. The highest BCUT2D eigenvalue weighted by atomic mass is 16.7. The highest BCUT2D eigenvalue weighted by Crippen LogP contribution is 2.37. The van der Waals surface area contributed by atoms with E-state index in [-0.39, 0.29) is 11.2 Å². The normalized spacial score (nSPS) is 20.6. The molecular formula is C14H21BN2O3. The highest BCUT2D eigenvalue weighted by Gasteiger charge is 2.50. The fourth-order valence-electron chi connectivity index (χ4n) is 1.86. The Kier molecular flexibility index (Phi) is 3.80. The Balaban J connectivity index is 2.12. The van der Waals surface area contributed by atoms with Gasteiger partial charge in [-0.2, -0.15) is 0 Å². The van der Waals surface area contributed by atoms with Gasteiger partial charge in [-0.15, -0.1) is 0 Å². The molecule has 20 heavy (non-hydrogen) atoms. The number of hydrogen-bond donors (Lipinski definition) is 1. The van der Waals surface area contributed by atoms with E-state index in [2.05, 4.69) is 4.98 Å². The molecule has 0 spiro atoms. The molecule has 1 saturated heterocycles. The molecule has 2 N–H and O–H groups in total. The number of rotatable bonds is 3. The third-order valence-corrected chi connectivity index (χ3v) is 3.84. The molecule has 0 aliphatic carbocycles. The van der Waals surface area contributed by atoms with Crippen LogP contribution in [0.15, 0.2) is 18.2 Å². The van der Waals surface area contributed by atoms with E-state index in [1.54, 1.807) is 25.4 Å². The van der Waals surface area contributed by atoms with Crippen LogP contribution in [0.3, 0.4) is 0 Å².